The molecule has 0 heterocycles. The molecule has 1 amide bonds. The summed E-state index contributed by atoms with van der Waals surface area (Å²) in [5.41, 5.74) is 5.54. The second kappa shape index (κ2) is 6.00. The minimum absolute atomic E-state index is 0.0890. The Balaban J connectivity index is 3.74. The molecule has 1 atom stereocenters. The molecule has 0 aromatic rings. The lowest BCUT2D eigenvalue weighted by Crippen LogP contribution is -2.26. The summed E-state index contributed by atoms with van der Waals surface area (Å²) in [6.07, 6.45) is 1.59. The van der Waals surface area contributed by atoms with E-state index < -0.39 is 0 Å². The predicted octanol–water partition coefficient (Wildman–Crippen LogP) is 0.743. The number of hydrogen-bond donors (Lipinski definition) is 2. The van der Waals surface area contributed by atoms with Gasteiger partial charge >= 0.3 is 0 Å². The van der Waals surface area contributed by atoms with Gasteiger partial charge in [0.05, 0.1) is 0 Å². The number of nitrogens with two attached hydrogens (primary N) is 1. The third-order valence-corrected chi connectivity index (χ3v) is 1.89. The van der Waals surface area contributed by atoms with E-state index in [1.54, 1.807) is 7.05 Å². The number of nitrogens with one attached hydrogen (secondary N) is 1. The van der Waals surface area contributed by atoms with E-state index in [4.69, 9.17) is 5.73 Å². The smallest absolute Gasteiger partial charge is 0.220 e. The molecule has 3 nitrogen and oxygen atoms in total. The van der Waals surface area contributed by atoms with E-state index in [1.807, 2.05) is 0 Å². The van der Waals surface area contributed by atoms with Gasteiger partial charge in [0, 0.05) is 13.5 Å². The molecule has 0 bridgehead atoms. The van der Waals surface area contributed by atoms with Crippen molar-refractivity contribution < 1.29 is 4.79 Å². The van der Waals surface area contributed by atoms with Crippen LogP contribution in [0.2, 0.25) is 0 Å². The summed E-state index contributed by atoms with van der Waals surface area (Å²) in [5, 5.41) is 2.61. The lowest BCUT2D eigenvalue weighted by atomic mass is 9.94. The highest BCUT2D eigenvalue weighted by molar-refractivity contribution is 5.75. The van der Waals surface area contributed by atoms with E-state index in [0.717, 1.165) is 6.42 Å². The normalized spacial score (nSPS) is 13.1. The van der Waals surface area contributed by atoms with E-state index in [1.165, 1.54) is 0 Å². The average Bonchev–Trinajstić information content (AvgIpc) is 2.02. The van der Waals surface area contributed by atoms with Gasteiger partial charge < -0.3 is 11.1 Å². The molecule has 72 valence electrons. The van der Waals surface area contributed by atoms with Gasteiger partial charge in [-0.2, -0.15) is 0 Å². The fourth-order valence-corrected chi connectivity index (χ4v) is 1.29. The van der Waals surface area contributed by atoms with Crippen molar-refractivity contribution in [3.05, 3.63) is 0 Å². The quantitative estimate of drug-likeness (QED) is 0.642. The lowest BCUT2D eigenvalue weighted by molar-refractivity contribution is -0.121. The van der Waals surface area contributed by atoms with E-state index in [9.17, 15) is 4.79 Å². The minimum atomic E-state index is 0.0890. The Morgan fingerprint density at radius 2 is 2.08 bits per heavy atom. The van der Waals surface area contributed by atoms with Gasteiger partial charge in [0.25, 0.3) is 0 Å². The van der Waals surface area contributed by atoms with Gasteiger partial charge in [-0.3, -0.25) is 4.79 Å². The molecule has 0 radical (unpaired) electrons. The summed E-state index contributed by atoms with van der Waals surface area (Å²) in [4.78, 5) is 11.0. The zero-order valence-electron chi connectivity index (χ0n) is 8.26. The zero-order valence-corrected chi connectivity index (χ0v) is 8.26. The molecular weight excluding hydrogens is 152 g/mol. The monoisotopic (exact) mass is 172 g/mol. The van der Waals surface area contributed by atoms with E-state index >= 15 is 0 Å². The van der Waals surface area contributed by atoms with E-state index in [-0.39, 0.29) is 5.91 Å². The maximum Gasteiger partial charge on any atom is 0.220 e. The Labute approximate surface area is 74.7 Å². The molecule has 0 spiro atoms. The van der Waals surface area contributed by atoms with Crippen LogP contribution >= 0.6 is 0 Å². The molecule has 0 aromatic carbocycles. The van der Waals surface area contributed by atoms with Crippen molar-refractivity contribution in [1.82, 2.24) is 5.32 Å². The first-order chi connectivity index (χ1) is 5.60. The van der Waals surface area contributed by atoms with Crippen molar-refractivity contribution in [2.45, 2.75) is 26.7 Å². The van der Waals surface area contributed by atoms with Gasteiger partial charge in [-0.1, -0.05) is 13.8 Å². The number of rotatable bonds is 5. The standard InChI is InChI=1S/C9H20N2O/c1-7(2)4-8(6-10)5-9(12)11-3/h7-8H,4-6,10H2,1-3H3,(H,11,12)/t8-/m0/s1. The van der Waals surface area contributed by atoms with Crippen molar-refractivity contribution in [2.24, 2.45) is 17.6 Å². The number of amides is 1. The van der Waals surface area contributed by atoms with Crippen molar-refractivity contribution in [3.8, 4) is 0 Å². The van der Waals surface area contributed by atoms with Crippen LogP contribution in [-0.2, 0) is 4.79 Å². The Hall–Kier alpha value is -0.570. The van der Waals surface area contributed by atoms with Gasteiger partial charge in [0.15, 0.2) is 0 Å². The fourth-order valence-electron chi connectivity index (χ4n) is 1.29. The summed E-state index contributed by atoms with van der Waals surface area (Å²) < 4.78 is 0. The van der Waals surface area contributed by atoms with Crippen molar-refractivity contribution in [1.29, 1.82) is 0 Å². The van der Waals surface area contributed by atoms with Crippen LogP contribution in [0.4, 0.5) is 0 Å². The molecule has 0 aromatic heterocycles. The molecule has 12 heavy (non-hydrogen) atoms. The molecule has 3 heteroatoms. The topological polar surface area (TPSA) is 55.1 Å². The Kier molecular flexibility index (Phi) is 5.72. The number of carbonyl (C=O) groups excluding carboxylic acids is 1. The van der Waals surface area contributed by atoms with Gasteiger partial charge in [-0.25, -0.2) is 0 Å². The first-order valence-corrected chi connectivity index (χ1v) is 4.50. The van der Waals surface area contributed by atoms with Crippen LogP contribution in [0.1, 0.15) is 26.7 Å². The molecule has 3 N–H and O–H groups in total. The molecule has 0 fully saturated rings. The highest BCUT2D eigenvalue weighted by Gasteiger charge is 2.12. The summed E-state index contributed by atoms with van der Waals surface area (Å²) in [5.74, 6) is 1.04. The molecule has 0 aliphatic rings. The Morgan fingerprint density at radius 3 is 2.42 bits per heavy atom. The minimum Gasteiger partial charge on any atom is -0.359 e. The average molecular weight is 172 g/mol. The molecular formula is C9H20N2O. The fraction of sp³-hybridized carbons (Fsp3) is 0.889. The Bertz CT molecular complexity index is 134. The van der Waals surface area contributed by atoms with Crippen molar-refractivity contribution in [3.63, 3.8) is 0 Å². The first-order valence-electron chi connectivity index (χ1n) is 4.50. The molecule has 0 unspecified atom stereocenters. The SMILES string of the molecule is CNC(=O)C[C@@H](CN)CC(C)C. The summed E-state index contributed by atoms with van der Waals surface area (Å²) in [7, 11) is 1.66. The third-order valence-electron chi connectivity index (χ3n) is 1.89. The van der Waals surface area contributed by atoms with Crippen LogP contribution < -0.4 is 11.1 Å². The molecule has 0 rings (SSSR count). The summed E-state index contributed by atoms with van der Waals surface area (Å²) in [6.45, 7) is 4.89. The molecule has 0 aliphatic carbocycles. The van der Waals surface area contributed by atoms with E-state index in [2.05, 4.69) is 19.2 Å². The van der Waals surface area contributed by atoms with Gasteiger partial charge in [-0.05, 0) is 24.8 Å². The zero-order chi connectivity index (χ0) is 9.56. The van der Waals surface area contributed by atoms with Crippen LogP contribution in [0.25, 0.3) is 0 Å². The number of carbonyl (C=O) groups is 1. The van der Waals surface area contributed by atoms with Crippen molar-refractivity contribution >= 4 is 5.91 Å². The second-order valence-electron chi connectivity index (χ2n) is 3.61. The lowest BCUT2D eigenvalue weighted by Gasteiger charge is -2.15. The molecule has 0 saturated carbocycles. The molecule has 0 saturated heterocycles. The maximum atomic E-state index is 11.0. The first kappa shape index (κ1) is 11.4. The maximum absolute atomic E-state index is 11.0. The van der Waals surface area contributed by atoms with Gasteiger partial charge in [0.1, 0.15) is 0 Å². The van der Waals surface area contributed by atoms with Crippen LogP contribution in [0, 0.1) is 11.8 Å². The van der Waals surface area contributed by atoms with Crippen molar-refractivity contribution in [2.75, 3.05) is 13.6 Å². The third kappa shape index (κ3) is 5.13. The van der Waals surface area contributed by atoms with Crippen LogP contribution in [0.5, 0.6) is 0 Å². The highest BCUT2D eigenvalue weighted by atomic mass is 16.1. The second-order valence-corrected chi connectivity index (χ2v) is 3.61. The van der Waals surface area contributed by atoms with Crippen LogP contribution in [0.15, 0.2) is 0 Å². The van der Waals surface area contributed by atoms with E-state index in [0.29, 0.717) is 24.8 Å². The predicted molar refractivity (Wildman–Crippen MR) is 50.7 cm³/mol. The number of hydrogen-bond acceptors (Lipinski definition) is 2. The Morgan fingerprint density at radius 1 is 1.50 bits per heavy atom. The van der Waals surface area contributed by atoms with Crippen LogP contribution in [-0.4, -0.2) is 19.5 Å². The largest absolute Gasteiger partial charge is 0.359 e. The van der Waals surface area contributed by atoms with Crippen LogP contribution in [0.3, 0.4) is 0 Å². The highest BCUT2D eigenvalue weighted by Crippen LogP contribution is 2.13. The van der Waals surface area contributed by atoms with Gasteiger partial charge in [0.2, 0.25) is 5.91 Å². The molecule has 0 aliphatic heterocycles. The summed E-state index contributed by atoms with van der Waals surface area (Å²) >= 11 is 0. The van der Waals surface area contributed by atoms with Gasteiger partial charge in [-0.15, -0.1) is 0 Å². The summed E-state index contributed by atoms with van der Waals surface area (Å²) in [6, 6.07) is 0.